The molecule has 5 rings (SSSR count). The van der Waals surface area contributed by atoms with Gasteiger partial charge in [-0.25, -0.2) is 13.8 Å². The van der Waals surface area contributed by atoms with Crippen LogP contribution < -0.4 is 20.5 Å². The summed E-state index contributed by atoms with van der Waals surface area (Å²) in [6.07, 6.45) is 3.09. The maximum absolute atomic E-state index is 14.0. The van der Waals surface area contributed by atoms with Crippen molar-refractivity contribution in [3.05, 3.63) is 65.1 Å². The number of halogens is 4. The van der Waals surface area contributed by atoms with Gasteiger partial charge in [0.2, 0.25) is 17.7 Å². The van der Waals surface area contributed by atoms with Crippen molar-refractivity contribution in [2.24, 2.45) is 11.7 Å². The van der Waals surface area contributed by atoms with Crippen LogP contribution >= 0.6 is 0 Å². The SMILES string of the molecule is C[C@H](N)c1oc(-c2ccc(OC(F)F)c(OCCCCC(=O)N3CCN(C(=O)C4CC4)CC3)c2)nc1C(=O)NCc1ccc(F)cc1F. The van der Waals surface area contributed by atoms with Crippen molar-refractivity contribution in [2.75, 3.05) is 32.8 Å². The van der Waals surface area contributed by atoms with E-state index in [1.54, 1.807) is 11.8 Å². The average Bonchev–Trinajstić information content (AvgIpc) is 3.81. The Labute approximate surface area is 274 Å². The molecular formula is C33H37F4N5O6. The topological polar surface area (TPSA) is 140 Å². The predicted molar refractivity (Wildman–Crippen MR) is 164 cm³/mol. The maximum atomic E-state index is 14.0. The molecule has 1 atom stereocenters. The van der Waals surface area contributed by atoms with Gasteiger partial charge in [0.05, 0.1) is 12.6 Å². The maximum Gasteiger partial charge on any atom is 0.387 e. The Morgan fingerprint density at radius 3 is 2.42 bits per heavy atom. The van der Waals surface area contributed by atoms with Gasteiger partial charge in [-0.05, 0) is 56.9 Å². The first kappa shape index (κ1) is 34.7. The number of nitrogens with zero attached hydrogens (tertiary/aromatic N) is 3. The third kappa shape index (κ3) is 8.82. The lowest BCUT2D eigenvalue weighted by Crippen LogP contribution is -2.51. The Morgan fingerprint density at radius 2 is 1.75 bits per heavy atom. The summed E-state index contributed by atoms with van der Waals surface area (Å²) in [5.74, 6) is -2.29. The molecule has 3 amide bonds. The number of aromatic nitrogens is 1. The van der Waals surface area contributed by atoms with Crippen molar-refractivity contribution in [3.8, 4) is 23.0 Å². The zero-order valence-electron chi connectivity index (χ0n) is 26.4. The van der Waals surface area contributed by atoms with Gasteiger partial charge in [0.15, 0.2) is 23.0 Å². The molecule has 15 heteroatoms. The van der Waals surface area contributed by atoms with Crippen molar-refractivity contribution in [2.45, 2.75) is 58.2 Å². The molecule has 1 aliphatic heterocycles. The molecule has 2 heterocycles. The Morgan fingerprint density at radius 1 is 1.02 bits per heavy atom. The van der Waals surface area contributed by atoms with Gasteiger partial charge in [0.25, 0.3) is 5.91 Å². The van der Waals surface area contributed by atoms with Gasteiger partial charge in [-0.2, -0.15) is 8.78 Å². The standard InChI is InChI=1S/C33H37F4N5O6/c1-19(38)29-28(30(44)39-18-22-7-9-23(34)17-24(22)35)40-31(48-29)21-8-10-25(47-33(36)37)26(16-21)46-15-3-2-4-27(43)41-11-13-42(14-12-41)32(45)20-5-6-20/h7-10,16-17,19-20,33H,2-6,11-15,18,38H2,1H3,(H,39,44)/t19-/m0/s1. The number of ether oxygens (including phenoxy) is 2. The first-order valence-corrected chi connectivity index (χ1v) is 15.8. The summed E-state index contributed by atoms with van der Waals surface area (Å²) >= 11 is 0. The lowest BCUT2D eigenvalue weighted by atomic mass is 10.2. The van der Waals surface area contributed by atoms with Crippen LogP contribution in [0.25, 0.3) is 11.5 Å². The molecule has 3 N–H and O–H groups in total. The van der Waals surface area contributed by atoms with Crippen LogP contribution in [0.3, 0.4) is 0 Å². The quantitative estimate of drug-likeness (QED) is 0.184. The Bertz CT molecular complexity index is 1620. The monoisotopic (exact) mass is 675 g/mol. The molecule has 48 heavy (non-hydrogen) atoms. The molecular weight excluding hydrogens is 638 g/mol. The molecule has 2 fully saturated rings. The molecule has 258 valence electrons. The zero-order chi connectivity index (χ0) is 34.4. The third-order valence-corrected chi connectivity index (χ3v) is 8.06. The summed E-state index contributed by atoms with van der Waals surface area (Å²) in [6.45, 7) is 0.334. The highest BCUT2D eigenvalue weighted by Crippen LogP contribution is 2.35. The molecule has 0 unspecified atom stereocenters. The van der Waals surface area contributed by atoms with Crippen molar-refractivity contribution in [3.63, 3.8) is 0 Å². The van der Waals surface area contributed by atoms with Crippen LogP contribution in [0.15, 0.2) is 40.8 Å². The van der Waals surface area contributed by atoms with E-state index in [-0.39, 0.29) is 77.3 Å². The minimum absolute atomic E-state index is 0.0197. The second kappa shape index (κ2) is 15.5. The molecule has 2 aromatic carbocycles. The van der Waals surface area contributed by atoms with Crippen molar-refractivity contribution in [1.82, 2.24) is 20.1 Å². The van der Waals surface area contributed by atoms with Gasteiger partial charge in [0.1, 0.15) is 11.6 Å². The van der Waals surface area contributed by atoms with E-state index in [2.05, 4.69) is 15.0 Å². The number of hydrogen-bond acceptors (Lipinski definition) is 8. The molecule has 1 aromatic heterocycles. The molecule has 11 nitrogen and oxygen atoms in total. The summed E-state index contributed by atoms with van der Waals surface area (Å²) < 4.78 is 69.7. The van der Waals surface area contributed by atoms with Gasteiger partial charge >= 0.3 is 6.61 Å². The van der Waals surface area contributed by atoms with Gasteiger partial charge < -0.3 is 34.7 Å². The van der Waals surface area contributed by atoms with Crippen molar-refractivity contribution >= 4 is 17.7 Å². The van der Waals surface area contributed by atoms with Crippen LogP contribution in [-0.4, -0.2) is 71.9 Å². The Balaban J connectivity index is 1.19. The summed E-state index contributed by atoms with van der Waals surface area (Å²) in [5.41, 5.74) is 6.16. The fourth-order valence-electron chi connectivity index (χ4n) is 5.28. The van der Waals surface area contributed by atoms with Crippen LogP contribution in [-0.2, 0) is 16.1 Å². The summed E-state index contributed by atoms with van der Waals surface area (Å²) in [6, 6.07) is 6.22. The molecule has 1 aliphatic carbocycles. The Kier molecular flexibility index (Phi) is 11.2. The van der Waals surface area contributed by atoms with E-state index in [1.807, 2.05) is 4.90 Å². The number of nitrogens with two attached hydrogens (primary N) is 1. The molecule has 1 saturated carbocycles. The molecule has 0 radical (unpaired) electrons. The van der Waals surface area contributed by atoms with E-state index < -0.39 is 30.2 Å². The smallest absolute Gasteiger partial charge is 0.387 e. The number of carbonyl (C=O) groups is 3. The molecule has 0 bridgehead atoms. The molecule has 2 aliphatic rings. The highest BCUT2D eigenvalue weighted by molar-refractivity contribution is 5.94. The Hall–Kier alpha value is -4.66. The lowest BCUT2D eigenvalue weighted by Gasteiger charge is -2.35. The van der Waals surface area contributed by atoms with Crippen LogP contribution in [0.2, 0.25) is 0 Å². The van der Waals surface area contributed by atoms with E-state index in [9.17, 15) is 31.9 Å². The normalized spacial score (nSPS) is 15.4. The second-order valence-corrected chi connectivity index (χ2v) is 11.8. The number of carbonyl (C=O) groups excluding carboxylic acids is 3. The predicted octanol–water partition coefficient (Wildman–Crippen LogP) is 4.80. The number of nitrogens with one attached hydrogen (secondary N) is 1. The average molecular weight is 676 g/mol. The van der Waals surface area contributed by atoms with Crippen LogP contribution in [0.5, 0.6) is 11.5 Å². The second-order valence-electron chi connectivity index (χ2n) is 11.8. The minimum atomic E-state index is -3.12. The first-order valence-electron chi connectivity index (χ1n) is 15.8. The number of hydrogen-bond donors (Lipinski definition) is 2. The fraction of sp³-hybridized carbons (Fsp3) is 0.455. The van der Waals surface area contributed by atoms with E-state index in [0.717, 1.165) is 18.9 Å². The highest BCUT2D eigenvalue weighted by atomic mass is 19.3. The van der Waals surface area contributed by atoms with Gasteiger partial charge in [0, 0.05) is 62.3 Å². The molecule has 3 aromatic rings. The fourth-order valence-corrected chi connectivity index (χ4v) is 5.28. The highest BCUT2D eigenvalue weighted by Gasteiger charge is 2.35. The van der Waals surface area contributed by atoms with Crippen LogP contribution in [0.4, 0.5) is 17.6 Å². The van der Waals surface area contributed by atoms with Gasteiger partial charge in [-0.1, -0.05) is 6.07 Å². The van der Waals surface area contributed by atoms with E-state index in [1.165, 1.54) is 24.3 Å². The van der Waals surface area contributed by atoms with Gasteiger partial charge in [-0.15, -0.1) is 0 Å². The number of rotatable bonds is 14. The van der Waals surface area contributed by atoms with E-state index in [0.29, 0.717) is 45.1 Å². The number of oxazole rings is 1. The number of piperazine rings is 1. The van der Waals surface area contributed by atoms with Crippen molar-refractivity contribution < 1.29 is 45.8 Å². The van der Waals surface area contributed by atoms with Gasteiger partial charge in [-0.3, -0.25) is 14.4 Å². The van der Waals surface area contributed by atoms with Crippen LogP contribution in [0.1, 0.15) is 66.9 Å². The number of unbranched alkanes of at least 4 members (excludes halogenated alkanes) is 1. The van der Waals surface area contributed by atoms with E-state index >= 15 is 0 Å². The lowest BCUT2D eigenvalue weighted by molar-refractivity contribution is -0.140. The first-order chi connectivity index (χ1) is 23.0. The minimum Gasteiger partial charge on any atom is -0.490 e. The summed E-state index contributed by atoms with van der Waals surface area (Å²) in [5, 5.41) is 2.51. The third-order valence-electron chi connectivity index (χ3n) is 8.06. The molecule has 0 spiro atoms. The molecule has 1 saturated heterocycles. The summed E-state index contributed by atoms with van der Waals surface area (Å²) in [7, 11) is 0. The largest absolute Gasteiger partial charge is 0.490 e. The number of alkyl halides is 2. The van der Waals surface area contributed by atoms with E-state index in [4.69, 9.17) is 14.9 Å². The van der Waals surface area contributed by atoms with Crippen LogP contribution in [0, 0.1) is 17.6 Å². The number of benzene rings is 2. The number of amides is 3. The van der Waals surface area contributed by atoms with Crippen molar-refractivity contribution in [1.29, 1.82) is 0 Å². The zero-order valence-corrected chi connectivity index (χ0v) is 26.4. The summed E-state index contributed by atoms with van der Waals surface area (Å²) in [4.78, 5) is 45.7.